The minimum Gasteiger partial charge on any atom is -0.483 e. The van der Waals surface area contributed by atoms with Crippen molar-refractivity contribution < 1.29 is 27.9 Å². The van der Waals surface area contributed by atoms with E-state index in [0.29, 0.717) is 5.56 Å². The molecule has 0 bridgehead atoms. The number of rotatable bonds is 5. The summed E-state index contributed by atoms with van der Waals surface area (Å²) >= 11 is 0. The van der Waals surface area contributed by atoms with Gasteiger partial charge in [-0.2, -0.15) is 13.2 Å². The SMILES string of the molecule is CC(=NO)c1cc(C)ccc1OCC(=O)NCC(F)(F)F. The Balaban J connectivity index is 2.69. The normalized spacial score (nSPS) is 12.1. The molecule has 0 fully saturated rings. The Morgan fingerprint density at radius 3 is 2.67 bits per heavy atom. The van der Waals surface area contributed by atoms with Crippen LogP contribution in [-0.4, -0.2) is 36.2 Å². The summed E-state index contributed by atoms with van der Waals surface area (Å²) in [6.07, 6.45) is -4.47. The Labute approximate surface area is 119 Å². The standard InChI is InChI=1S/C13H15F3N2O3/c1-8-3-4-11(10(5-8)9(2)18-20)21-6-12(19)17-7-13(14,15)16/h3-5,20H,6-7H2,1-2H3,(H,17,19). The second-order valence-corrected chi connectivity index (χ2v) is 4.37. The number of amides is 1. The summed E-state index contributed by atoms with van der Waals surface area (Å²) in [6, 6.07) is 4.94. The van der Waals surface area contributed by atoms with E-state index in [1.807, 2.05) is 6.92 Å². The summed E-state index contributed by atoms with van der Waals surface area (Å²) in [5.41, 5.74) is 1.60. The zero-order chi connectivity index (χ0) is 16.0. The van der Waals surface area contributed by atoms with Gasteiger partial charge in [-0.05, 0) is 26.0 Å². The summed E-state index contributed by atoms with van der Waals surface area (Å²) in [4.78, 5) is 11.3. The fourth-order valence-corrected chi connectivity index (χ4v) is 1.50. The molecule has 0 aliphatic heterocycles. The zero-order valence-corrected chi connectivity index (χ0v) is 11.5. The number of nitrogens with zero attached hydrogens (tertiary/aromatic N) is 1. The van der Waals surface area contributed by atoms with Gasteiger partial charge < -0.3 is 15.3 Å². The van der Waals surface area contributed by atoms with E-state index in [1.54, 1.807) is 23.5 Å². The molecular weight excluding hydrogens is 289 g/mol. The number of halogens is 3. The molecule has 0 unspecified atom stereocenters. The predicted molar refractivity (Wildman–Crippen MR) is 69.7 cm³/mol. The summed E-state index contributed by atoms with van der Waals surface area (Å²) in [6.45, 7) is 1.37. The maximum atomic E-state index is 11.9. The summed E-state index contributed by atoms with van der Waals surface area (Å²) < 4.78 is 41.0. The predicted octanol–water partition coefficient (Wildman–Crippen LogP) is 2.25. The number of carbonyl (C=O) groups excluding carboxylic acids is 1. The third-order valence-electron chi connectivity index (χ3n) is 2.52. The molecule has 21 heavy (non-hydrogen) atoms. The van der Waals surface area contributed by atoms with E-state index >= 15 is 0 Å². The number of benzene rings is 1. The first-order valence-corrected chi connectivity index (χ1v) is 5.99. The molecule has 1 rings (SSSR count). The molecule has 0 spiro atoms. The highest BCUT2D eigenvalue weighted by Crippen LogP contribution is 2.21. The molecule has 2 N–H and O–H groups in total. The van der Waals surface area contributed by atoms with Gasteiger partial charge in [0.25, 0.3) is 5.91 Å². The van der Waals surface area contributed by atoms with Gasteiger partial charge in [-0.1, -0.05) is 16.8 Å². The smallest absolute Gasteiger partial charge is 0.405 e. The van der Waals surface area contributed by atoms with Gasteiger partial charge in [0, 0.05) is 5.56 Å². The van der Waals surface area contributed by atoms with Gasteiger partial charge in [0.15, 0.2) is 6.61 Å². The highest BCUT2D eigenvalue weighted by molar-refractivity contribution is 6.01. The average Bonchev–Trinajstić information content (AvgIpc) is 2.42. The van der Waals surface area contributed by atoms with Crippen molar-refractivity contribution in [2.75, 3.05) is 13.2 Å². The van der Waals surface area contributed by atoms with Gasteiger partial charge >= 0.3 is 6.18 Å². The highest BCUT2D eigenvalue weighted by Gasteiger charge is 2.27. The van der Waals surface area contributed by atoms with Gasteiger partial charge in [-0.3, -0.25) is 4.79 Å². The van der Waals surface area contributed by atoms with Gasteiger partial charge in [0.2, 0.25) is 0 Å². The Morgan fingerprint density at radius 1 is 1.43 bits per heavy atom. The Hall–Kier alpha value is -2.25. The number of aryl methyl sites for hydroxylation is 1. The third-order valence-corrected chi connectivity index (χ3v) is 2.52. The largest absolute Gasteiger partial charge is 0.483 e. The number of hydrogen-bond donors (Lipinski definition) is 2. The molecule has 0 heterocycles. The van der Waals surface area contributed by atoms with Crippen molar-refractivity contribution in [3.63, 3.8) is 0 Å². The number of alkyl halides is 3. The van der Waals surface area contributed by atoms with E-state index in [-0.39, 0.29) is 11.5 Å². The molecule has 0 aliphatic carbocycles. The number of hydrogen-bond acceptors (Lipinski definition) is 4. The van der Waals surface area contributed by atoms with Crippen LogP contribution in [0.4, 0.5) is 13.2 Å². The summed E-state index contributed by atoms with van der Waals surface area (Å²) in [5, 5.41) is 13.5. The molecule has 0 radical (unpaired) electrons. The van der Waals surface area contributed by atoms with Crippen molar-refractivity contribution in [2.45, 2.75) is 20.0 Å². The molecular formula is C13H15F3N2O3. The lowest BCUT2D eigenvalue weighted by Crippen LogP contribution is -2.36. The lowest BCUT2D eigenvalue weighted by molar-refractivity contribution is -0.139. The minimum absolute atomic E-state index is 0.248. The van der Waals surface area contributed by atoms with Crippen LogP contribution in [-0.2, 0) is 4.79 Å². The molecule has 0 atom stereocenters. The molecule has 116 valence electrons. The molecule has 0 saturated heterocycles. The van der Waals surface area contributed by atoms with Crippen molar-refractivity contribution in [3.05, 3.63) is 29.3 Å². The van der Waals surface area contributed by atoms with E-state index in [2.05, 4.69) is 5.16 Å². The number of nitrogens with one attached hydrogen (secondary N) is 1. The first kappa shape index (κ1) is 16.8. The lowest BCUT2D eigenvalue weighted by Gasteiger charge is -2.12. The zero-order valence-electron chi connectivity index (χ0n) is 11.5. The number of oxime groups is 1. The number of ether oxygens (including phenoxy) is 1. The lowest BCUT2D eigenvalue weighted by atomic mass is 10.1. The first-order valence-electron chi connectivity index (χ1n) is 5.99. The Morgan fingerprint density at radius 2 is 2.10 bits per heavy atom. The van der Waals surface area contributed by atoms with Crippen LogP contribution >= 0.6 is 0 Å². The summed E-state index contributed by atoms with van der Waals surface area (Å²) in [5.74, 6) is -0.643. The quantitative estimate of drug-likeness (QED) is 0.498. The highest BCUT2D eigenvalue weighted by atomic mass is 19.4. The second kappa shape index (κ2) is 6.96. The van der Waals surface area contributed by atoms with Crippen LogP contribution in [0.25, 0.3) is 0 Å². The van der Waals surface area contributed by atoms with Crippen LogP contribution in [0, 0.1) is 6.92 Å². The van der Waals surface area contributed by atoms with Crippen LogP contribution in [0.1, 0.15) is 18.1 Å². The first-order chi connectivity index (χ1) is 9.73. The van der Waals surface area contributed by atoms with Gasteiger partial charge in [0.1, 0.15) is 12.3 Å². The van der Waals surface area contributed by atoms with Crippen molar-refractivity contribution in [2.24, 2.45) is 5.16 Å². The molecule has 5 nitrogen and oxygen atoms in total. The van der Waals surface area contributed by atoms with Crippen LogP contribution in [0.5, 0.6) is 5.75 Å². The fourth-order valence-electron chi connectivity index (χ4n) is 1.50. The molecule has 8 heteroatoms. The fraction of sp³-hybridized carbons (Fsp3) is 0.385. The van der Waals surface area contributed by atoms with E-state index in [4.69, 9.17) is 9.94 Å². The number of carbonyl (C=O) groups is 1. The molecule has 1 amide bonds. The molecule has 0 aromatic heterocycles. The van der Waals surface area contributed by atoms with Crippen LogP contribution in [0.3, 0.4) is 0 Å². The topological polar surface area (TPSA) is 70.9 Å². The van der Waals surface area contributed by atoms with E-state index < -0.39 is 25.2 Å². The Kier molecular flexibility index (Phi) is 5.57. The summed E-state index contributed by atoms with van der Waals surface area (Å²) in [7, 11) is 0. The molecule has 1 aromatic carbocycles. The maximum absolute atomic E-state index is 11.9. The van der Waals surface area contributed by atoms with Gasteiger partial charge in [-0.25, -0.2) is 0 Å². The van der Waals surface area contributed by atoms with Crippen molar-refractivity contribution >= 4 is 11.6 Å². The van der Waals surface area contributed by atoms with Crippen molar-refractivity contribution in [3.8, 4) is 5.75 Å². The average molecular weight is 304 g/mol. The second-order valence-electron chi connectivity index (χ2n) is 4.37. The van der Waals surface area contributed by atoms with Crippen molar-refractivity contribution in [1.29, 1.82) is 0 Å². The van der Waals surface area contributed by atoms with E-state index in [9.17, 15) is 18.0 Å². The van der Waals surface area contributed by atoms with E-state index in [1.165, 1.54) is 6.92 Å². The molecule has 1 aromatic rings. The molecule has 0 aliphatic rings. The Bertz CT molecular complexity index is 542. The molecule has 0 saturated carbocycles. The van der Waals surface area contributed by atoms with Crippen LogP contribution in [0.15, 0.2) is 23.4 Å². The van der Waals surface area contributed by atoms with Crippen LogP contribution < -0.4 is 10.1 Å². The minimum atomic E-state index is -4.47. The van der Waals surface area contributed by atoms with Crippen LogP contribution in [0.2, 0.25) is 0 Å². The van der Waals surface area contributed by atoms with Gasteiger partial charge in [0.05, 0.1) is 5.71 Å². The maximum Gasteiger partial charge on any atom is 0.405 e. The third kappa shape index (κ3) is 5.72. The van der Waals surface area contributed by atoms with Gasteiger partial charge in [-0.15, -0.1) is 0 Å². The monoisotopic (exact) mass is 304 g/mol. The van der Waals surface area contributed by atoms with Crippen molar-refractivity contribution in [1.82, 2.24) is 5.32 Å². The van der Waals surface area contributed by atoms with E-state index in [0.717, 1.165) is 5.56 Å².